The second kappa shape index (κ2) is 7.38. The molecule has 2 aromatic rings. The summed E-state index contributed by atoms with van der Waals surface area (Å²) in [6.07, 6.45) is 2.05. The standard InChI is InChI=1S/C20H22FN3O5/c1-2-18(25)23-7-5-22(6-8-23)16-10-15-13(9-14(16)21)19(26)17(29-20(27)28)11-24(15)12-3-4-12/h9-12H,2-8H2,1H3,(H,27,28). The molecular weight excluding hydrogens is 381 g/mol. The van der Waals surface area contributed by atoms with Gasteiger partial charge in [-0.25, -0.2) is 9.18 Å². The smallest absolute Gasteiger partial charge is 0.449 e. The van der Waals surface area contributed by atoms with Crippen molar-refractivity contribution in [1.29, 1.82) is 0 Å². The number of carbonyl (C=O) groups is 2. The second-order valence-electron chi connectivity index (χ2n) is 7.37. The number of carboxylic acid groups (broad SMARTS) is 1. The number of benzene rings is 1. The lowest BCUT2D eigenvalue weighted by atomic mass is 10.1. The minimum absolute atomic E-state index is 0.0807. The van der Waals surface area contributed by atoms with Crippen LogP contribution in [0.2, 0.25) is 0 Å². The molecule has 2 aliphatic rings. The summed E-state index contributed by atoms with van der Waals surface area (Å²) in [6.45, 7) is 3.86. The minimum atomic E-state index is -1.58. The molecule has 29 heavy (non-hydrogen) atoms. The van der Waals surface area contributed by atoms with Crippen LogP contribution in [0.5, 0.6) is 5.75 Å². The first-order valence-electron chi connectivity index (χ1n) is 9.71. The molecule has 154 valence electrons. The molecule has 1 saturated carbocycles. The summed E-state index contributed by atoms with van der Waals surface area (Å²) in [5, 5.41) is 8.97. The fraction of sp³-hybridized carbons (Fsp3) is 0.450. The van der Waals surface area contributed by atoms with E-state index in [-0.39, 0.29) is 23.1 Å². The molecule has 0 spiro atoms. The van der Waals surface area contributed by atoms with Crippen LogP contribution in [-0.2, 0) is 4.79 Å². The molecular formula is C20H22FN3O5. The van der Waals surface area contributed by atoms with Crippen LogP contribution in [0.15, 0.2) is 23.1 Å². The van der Waals surface area contributed by atoms with E-state index in [1.54, 1.807) is 15.5 Å². The van der Waals surface area contributed by atoms with Gasteiger partial charge in [0, 0.05) is 38.6 Å². The summed E-state index contributed by atoms with van der Waals surface area (Å²) in [5.74, 6) is -0.799. The Kier molecular flexibility index (Phi) is 4.89. The number of rotatable bonds is 4. The van der Waals surface area contributed by atoms with E-state index >= 15 is 0 Å². The predicted molar refractivity (Wildman–Crippen MR) is 104 cm³/mol. The zero-order valence-corrected chi connectivity index (χ0v) is 16.1. The van der Waals surface area contributed by atoms with Crippen LogP contribution in [0.25, 0.3) is 10.9 Å². The number of amides is 1. The van der Waals surface area contributed by atoms with Crippen LogP contribution in [0.1, 0.15) is 32.2 Å². The lowest BCUT2D eigenvalue weighted by molar-refractivity contribution is -0.131. The first kappa shape index (κ1) is 19.2. The van der Waals surface area contributed by atoms with Gasteiger partial charge in [-0.3, -0.25) is 9.59 Å². The van der Waals surface area contributed by atoms with E-state index in [9.17, 15) is 18.8 Å². The minimum Gasteiger partial charge on any atom is -0.449 e. The molecule has 1 aromatic heterocycles. The Morgan fingerprint density at radius 1 is 1.21 bits per heavy atom. The third-order valence-electron chi connectivity index (χ3n) is 5.48. The maximum absolute atomic E-state index is 14.9. The molecule has 1 N–H and O–H groups in total. The van der Waals surface area contributed by atoms with Crippen molar-refractivity contribution in [2.75, 3.05) is 31.1 Å². The highest BCUT2D eigenvalue weighted by Gasteiger charge is 2.28. The van der Waals surface area contributed by atoms with E-state index in [1.807, 2.05) is 11.8 Å². The molecule has 0 atom stereocenters. The Morgan fingerprint density at radius 2 is 1.90 bits per heavy atom. The molecule has 1 aliphatic carbocycles. The molecule has 8 nitrogen and oxygen atoms in total. The van der Waals surface area contributed by atoms with Crippen molar-refractivity contribution < 1.29 is 23.8 Å². The monoisotopic (exact) mass is 403 g/mol. The first-order valence-corrected chi connectivity index (χ1v) is 9.71. The van der Waals surface area contributed by atoms with Crippen molar-refractivity contribution in [3.63, 3.8) is 0 Å². The van der Waals surface area contributed by atoms with E-state index in [0.717, 1.165) is 18.9 Å². The Morgan fingerprint density at radius 3 is 2.48 bits per heavy atom. The average Bonchev–Trinajstić information content (AvgIpc) is 3.54. The van der Waals surface area contributed by atoms with E-state index in [0.29, 0.717) is 43.8 Å². The topological polar surface area (TPSA) is 92.1 Å². The zero-order chi connectivity index (χ0) is 20.7. The van der Waals surface area contributed by atoms with Crippen molar-refractivity contribution in [1.82, 2.24) is 9.47 Å². The van der Waals surface area contributed by atoms with Gasteiger partial charge in [-0.15, -0.1) is 0 Å². The Hall–Kier alpha value is -3.10. The molecule has 1 saturated heterocycles. The second-order valence-corrected chi connectivity index (χ2v) is 7.37. The maximum Gasteiger partial charge on any atom is 0.511 e. The third-order valence-corrected chi connectivity index (χ3v) is 5.48. The van der Waals surface area contributed by atoms with Gasteiger partial charge in [-0.2, -0.15) is 0 Å². The van der Waals surface area contributed by atoms with Gasteiger partial charge in [0.25, 0.3) is 0 Å². The number of hydrogen-bond donors (Lipinski definition) is 1. The van der Waals surface area contributed by atoms with Crippen LogP contribution < -0.4 is 15.1 Å². The summed E-state index contributed by atoms with van der Waals surface area (Å²) in [4.78, 5) is 39.0. The highest BCUT2D eigenvalue weighted by Crippen LogP contribution is 2.39. The first-order chi connectivity index (χ1) is 13.9. The number of halogens is 1. The molecule has 2 heterocycles. The van der Waals surface area contributed by atoms with Gasteiger partial charge in [0.1, 0.15) is 5.82 Å². The summed E-state index contributed by atoms with van der Waals surface area (Å²) >= 11 is 0. The number of pyridine rings is 1. The summed E-state index contributed by atoms with van der Waals surface area (Å²) in [6, 6.07) is 2.93. The van der Waals surface area contributed by atoms with Gasteiger partial charge < -0.3 is 24.2 Å². The van der Waals surface area contributed by atoms with E-state index in [2.05, 4.69) is 4.74 Å². The molecule has 1 aromatic carbocycles. The highest BCUT2D eigenvalue weighted by molar-refractivity contribution is 5.85. The molecule has 0 bridgehead atoms. The molecule has 9 heteroatoms. The van der Waals surface area contributed by atoms with Gasteiger partial charge in [0.15, 0.2) is 5.75 Å². The van der Waals surface area contributed by atoms with Crippen LogP contribution in [0.4, 0.5) is 14.9 Å². The number of aromatic nitrogens is 1. The highest BCUT2D eigenvalue weighted by atomic mass is 19.1. The van der Waals surface area contributed by atoms with E-state index in [4.69, 9.17) is 5.11 Å². The van der Waals surface area contributed by atoms with Crippen molar-refractivity contribution in [2.45, 2.75) is 32.2 Å². The molecule has 1 amide bonds. The normalized spacial score (nSPS) is 16.9. The summed E-state index contributed by atoms with van der Waals surface area (Å²) in [7, 11) is 0. The fourth-order valence-electron chi connectivity index (χ4n) is 3.82. The quantitative estimate of drug-likeness (QED) is 0.789. The van der Waals surface area contributed by atoms with Crippen molar-refractivity contribution >= 4 is 28.7 Å². The largest absolute Gasteiger partial charge is 0.511 e. The Balaban J connectivity index is 1.73. The Bertz CT molecular complexity index is 1040. The average molecular weight is 403 g/mol. The van der Waals surface area contributed by atoms with Gasteiger partial charge >= 0.3 is 6.16 Å². The fourth-order valence-corrected chi connectivity index (χ4v) is 3.82. The lowest BCUT2D eigenvalue weighted by Gasteiger charge is -2.36. The van der Waals surface area contributed by atoms with E-state index < -0.39 is 17.4 Å². The number of piperazine rings is 1. The number of anilines is 1. The van der Waals surface area contributed by atoms with Gasteiger partial charge in [-0.05, 0) is 25.0 Å². The van der Waals surface area contributed by atoms with Crippen molar-refractivity contribution in [2.24, 2.45) is 0 Å². The van der Waals surface area contributed by atoms with Crippen molar-refractivity contribution in [3.8, 4) is 5.75 Å². The predicted octanol–water partition coefficient (Wildman–Crippen LogP) is 2.59. The molecule has 2 fully saturated rings. The summed E-state index contributed by atoms with van der Waals surface area (Å²) in [5.41, 5.74) is 0.281. The molecule has 0 unspecified atom stereocenters. The number of fused-ring (bicyclic) bond motifs is 1. The maximum atomic E-state index is 14.9. The van der Waals surface area contributed by atoms with Gasteiger partial charge in [0.2, 0.25) is 11.3 Å². The molecule has 4 rings (SSSR count). The van der Waals surface area contributed by atoms with Crippen LogP contribution in [-0.4, -0.2) is 52.8 Å². The molecule has 0 radical (unpaired) electrons. The SMILES string of the molecule is CCC(=O)N1CCN(c2cc3c(cc2F)c(=O)c(OC(=O)O)cn3C2CC2)CC1. The molecule has 1 aliphatic heterocycles. The number of nitrogens with zero attached hydrogens (tertiary/aromatic N) is 3. The van der Waals surface area contributed by atoms with Crippen LogP contribution in [0, 0.1) is 5.82 Å². The Labute approximate surface area is 166 Å². The van der Waals surface area contributed by atoms with Crippen LogP contribution in [0.3, 0.4) is 0 Å². The lowest BCUT2D eigenvalue weighted by Crippen LogP contribution is -2.48. The van der Waals surface area contributed by atoms with Gasteiger partial charge in [0.05, 0.1) is 22.8 Å². The number of ether oxygens (including phenoxy) is 1. The van der Waals surface area contributed by atoms with Gasteiger partial charge in [-0.1, -0.05) is 6.92 Å². The van der Waals surface area contributed by atoms with Crippen LogP contribution >= 0.6 is 0 Å². The summed E-state index contributed by atoms with van der Waals surface area (Å²) < 4.78 is 21.3. The van der Waals surface area contributed by atoms with Crippen molar-refractivity contribution in [3.05, 3.63) is 34.4 Å². The third kappa shape index (κ3) is 3.64. The zero-order valence-electron chi connectivity index (χ0n) is 16.1. The number of carbonyl (C=O) groups excluding carboxylic acids is 1. The van der Waals surface area contributed by atoms with E-state index in [1.165, 1.54) is 6.20 Å². The number of hydrogen-bond acceptors (Lipinski definition) is 5.